The van der Waals surface area contributed by atoms with Crippen molar-refractivity contribution in [3.8, 4) is 5.75 Å². The Morgan fingerprint density at radius 2 is 1.88 bits per heavy atom. The molecule has 0 aliphatic heterocycles. The van der Waals surface area contributed by atoms with Gasteiger partial charge in [-0.2, -0.15) is 0 Å². The number of ether oxygens (including phenoxy) is 1. The van der Waals surface area contributed by atoms with Gasteiger partial charge in [0.05, 0.1) is 4.88 Å². The van der Waals surface area contributed by atoms with Crippen LogP contribution in [-0.2, 0) is 13.0 Å². The summed E-state index contributed by atoms with van der Waals surface area (Å²) >= 11 is 1.34. The van der Waals surface area contributed by atoms with E-state index in [1.807, 2.05) is 29.6 Å². The van der Waals surface area contributed by atoms with E-state index in [0.29, 0.717) is 22.7 Å². The molecule has 1 heterocycles. The summed E-state index contributed by atoms with van der Waals surface area (Å²) < 4.78 is 19.3. The number of carbonyl (C=O) groups is 1. The highest BCUT2D eigenvalue weighted by Crippen LogP contribution is 2.20. The van der Waals surface area contributed by atoms with Gasteiger partial charge < -0.3 is 10.1 Å². The minimum Gasteiger partial charge on any atom is -0.489 e. The van der Waals surface area contributed by atoms with Crippen molar-refractivity contribution in [2.75, 3.05) is 5.32 Å². The Morgan fingerprint density at radius 1 is 1.12 bits per heavy atom. The molecule has 1 aromatic heterocycles. The van der Waals surface area contributed by atoms with E-state index in [1.165, 1.54) is 23.0 Å². The number of hydrogen-bond donors (Lipinski definition) is 1. The van der Waals surface area contributed by atoms with Crippen LogP contribution >= 0.6 is 11.3 Å². The molecule has 0 saturated carbocycles. The van der Waals surface area contributed by atoms with Gasteiger partial charge in [0, 0.05) is 11.3 Å². The van der Waals surface area contributed by atoms with E-state index in [4.69, 9.17) is 4.74 Å². The lowest BCUT2D eigenvalue weighted by atomic mass is 10.2. The Bertz CT molecular complexity index is 903. The molecule has 3 aromatic rings. The minimum absolute atomic E-state index is 0.253. The largest absolute Gasteiger partial charge is 0.489 e. The second-order valence-electron chi connectivity index (χ2n) is 6.02. The van der Waals surface area contributed by atoms with Crippen molar-refractivity contribution in [1.29, 1.82) is 0 Å². The molecule has 1 N–H and O–H groups in total. The predicted molar refractivity (Wildman–Crippen MR) is 104 cm³/mol. The lowest BCUT2D eigenvalue weighted by molar-refractivity contribution is 0.103. The first-order chi connectivity index (χ1) is 12.5. The number of nitrogens with one attached hydrogen (secondary N) is 1. The van der Waals surface area contributed by atoms with Crippen molar-refractivity contribution in [3.05, 3.63) is 81.3 Å². The van der Waals surface area contributed by atoms with Crippen LogP contribution in [0.1, 0.15) is 33.3 Å². The third-order valence-electron chi connectivity index (χ3n) is 4.04. The first-order valence-electron chi connectivity index (χ1n) is 8.42. The van der Waals surface area contributed by atoms with Crippen molar-refractivity contribution in [1.82, 2.24) is 0 Å². The molecule has 26 heavy (non-hydrogen) atoms. The lowest BCUT2D eigenvalue weighted by Crippen LogP contribution is -2.10. The van der Waals surface area contributed by atoms with E-state index >= 15 is 0 Å². The van der Waals surface area contributed by atoms with Crippen molar-refractivity contribution in [2.45, 2.75) is 26.9 Å². The molecule has 134 valence electrons. The van der Waals surface area contributed by atoms with Gasteiger partial charge in [0.15, 0.2) is 0 Å². The quantitative estimate of drug-likeness (QED) is 0.615. The highest BCUT2D eigenvalue weighted by molar-refractivity contribution is 7.12. The van der Waals surface area contributed by atoms with Crippen LogP contribution in [0.2, 0.25) is 0 Å². The molecular weight excluding hydrogens is 349 g/mol. The van der Waals surface area contributed by atoms with Gasteiger partial charge in [-0.15, -0.1) is 11.3 Å². The number of benzene rings is 2. The molecule has 3 nitrogen and oxygen atoms in total. The second-order valence-corrected chi connectivity index (χ2v) is 6.93. The molecule has 0 spiro atoms. The van der Waals surface area contributed by atoms with E-state index in [1.54, 1.807) is 25.1 Å². The molecular formula is C21H20FNO2S. The van der Waals surface area contributed by atoms with Crippen LogP contribution in [0.4, 0.5) is 10.1 Å². The number of rotatable bonds is 6. The fourth-order valence-corrected chi connectivity index (χ4v) is 3.21. The van der Waals surface area contributed by atoms with Crippen LogP contribution in [0, 0.1) is 12.7 Å². The first kappa shape index (κ1) is 18.1. The number of aryl methyl sites for hydroxylation is 2. The summed E-state index contributed by atoms with van der Waals surface area (Å²) in [4.78, 5) is 12.9. The molecule has 5 heteroatoms. The molecule has 0 aliphatic carbocycles. The Kier molecular flexibility index (Phi) is 5.68. The Labute approximate surface area is 156 Å². The lowest BCUT2D eigenvalue weighted by Gasteiger charge is -2.06. The average Bonchev–Trinajstić information content (AvgIpc) is 3.13. The van der Waals surface area contributed by atoms with Crippen molar-refractivity contribution >= 4 is 22.9 Å². The number of hydrogen-bond acceptors (Lipinski definition) is 3. The first-order valence-corrected chi connectivity index (χ1v) is 9.30. The summed E-state index contributed by atoms with van der Waals surface area (Å²) in [7, 11) is 0. The molecule has 3 rings (SSSR count). The molecule has 2 aromatic carbocycles. The van der Waals surface area contributed by atoms with Crippen LogP contribution in [-0.4, -0.2) is 5.91 Å². The maximum absolute atomic E-state index is 13.6. The summed E-state index contributed by atoms with van der Waals surface area (Å²) in [6.45, 7) is 4.19. The van der Waals surface area contributed by atoms with Crippen LogP contribution in [0.5, 0.6) is 5.75 Å². The van der Waals surface area contributed by atoms with Crippen molar-refractivity contribution in [2.24, 2.45) is 0 Å². The third kappa shape index (κ3) is 4.49. The molecule has 1 amide bonds. The van der Waals surface area contributed by atoms with Gasteiger partial charge >= 0.3 is 0 Å². The van der Waals surface area contributed by atoms with Gasteiger partial charge in [-0.1, -0.05) is 25.1 Å². The average molecular weight is 369 g/mol. The zero-order valence-electron chi connectivity index (χ0n) is 14.7. The van der Waals surface area contributed by atoms with E-state index in [9.17, 15) is 9.18 Å². The van der Waals surface area contributed by atoms with Crippen LogP contribution in [0.25, 0.3) is 0 Å². The summed E-state index contributed by atoms with van der Waals surface area (Å²) in [5.41, 5.74) is 3.18. The Balaban J connectivity index is 1.59. The molecule has 0 bridgehead atoms. The van der Waals surface area contributed by atoms with Gasteiger partial charge in [0.2, 0.25) is 0 Å². The molecule has 0 saturated heterocycles. The molecule has 0 atom stereocenters. The zero-order chi connectivity index (χ0) is 18.5. The Morgan fingerprint density at radius 3 is 2.58 bits per heavy atom. The Hall–Kier alpha value is -2.66. The van der Waals surface area contributed by atoms with Gasteiger partial charge in [0.25, 0.3) is 5.91 Å². The van der Waals surface area contributed by atoms with Crippen LogP contribution in [0.15, 0.2) is 53.9 Å². The predicted octanol–water partition coefficient (Wildman–Crippen LogP) is 5.59. The normalized spacial score (nSPS) is 10.6. The SMILES string of the molecule is CCc1ccc(OCc2csc(C(=O)Nc3ccc(C)c(F)c3)c2)cc1. The van der Waals surface area contributed by atoms with E-state index in [2.05, 4.69) is 12.2 Å². The topological polar surface area (TPSA) is 38.3 Å². The smallest absolute Gasteiger partial charge is 0.265 e. The molecule has 0 unspecified atom stereocenters. The molecule has 0 fully saturated rings. The van der Waals surface area contributed by atoms with E-state index < -0.39 is 0 Å². The number of amides is 1. The molecule has 0 aliphatic rings. The van der Waals surface area contributed by atoms with Crippen molar-refractivity contribution < 1.29 is 13.9 Å². The zero-order valence-corrected chi connectivity index (χ0v) is 15.5. The fraction of sp³-hybridized carbons (Fsp3) is 0.190. The van der Waals surface area contributed by atoms with Gasteiger partial charge in [-0.05, 0) is 60.2 Å². The summed E-state index contributed by atoms with van der Waals surface area (Å²) in [5, 5.41) is 4.61. The van der Waals surface area contributed by atoms with Gasteiger partial charge in [0.1, 0.15) is 18.2 Å². The standard InChI is InChI=1S/C21H20FNO2S/c1-3-15-5-8-18(9-6-15)25-12-16-10-20(26-13-16)21(24)23-17-7-4-14(2)19(22)11-17/h4-11,13H,3,12H2,1-2H3,(H,23,24). The molecule has 0 radical (unpaired) electrons. The summed E-state index contributed by atoms with van der Waals surface area (Å²) in [5.74, 6) is 0.212. The maximum atomic E-state index is 13.6. The highest BCUT2D eigenvalue weighted by Gasteiger charge is 2.11. The van der Waals surface area contributed by atoms with Gasteiger partial charge in [-0.3, -0.25) is 4.79 Å². The maximum Gasteiger partial charge on any atom is 0.265 e. The highest BCUT2D eigenvalue weighted by atomic mass is 32.1. The summed E-state index contributed by atoms with van der Waals surface area (Å²) in [6, 6.07) is 14.4. The second kappa shape index (κ2) is 8.15. The monoisotopic (exact) mass is 369 g/mol. The van der Waals surface area contributed by atoms with Crippen molar-refractivity contribution in [3.63, 3.8) is 0 Å². The van der Waals surface area contributed by atoms with Gasteiger partial charge in [-0.25, -0.2) is 4.39 Å². The number of carbonyl (C=O) groups excluding carboxylic acids is 1. The van der Waals surface area contributed by atoms with Crippen LogP contribution < -0.4 is 10.1 Å². The van der Waals surface area contributed by atoms with E-state index in [-0.39, 0.29) is 11.7 Å². The number of anilines is 1. The van der Waals surface area contributed by atoms with E-state index in [0.717, 1.165) is 17.7 Å². The fourth-order valence-electron chi connectivity index (χ4n) is 2.42. The third-order valence-corrected chi connectivity index (χ3v) is 5.02. The number of thiophene rings is 1. The summed E-state index contributed by atoms with van der Waals surface area (Å²) in [6.07, 6.45) is 0.994. The minimum atomic E-state index is -0.336. The number of halogens is 1. The van der Waals surface area contributed by atoms with Crippen LogP contribution in [0.3, 0.4) is 0 Å².